The molecule has 2 aromatic heterocycles. The number of aromatic nitrogens is 3. The molecule has 4 rings (SSSR count). The summed E-state index contributed by atoms with van der Waals surface area (Å²) in [4.78, 5) is 4.27. The van der Waals surface area contributed by atoms with Crippen LogP contribution < -0.4 is 10.1 Å². The van der Waals surface area contributed by atoms with Crippen LogP contribution in [0.3, 0.4) is 0 Å². The molecule has 0 atom stereocenters. The van der Waals surface area contributed by atoms with Crippen LogP contribution in [0.5, 0.6) is 5.75 Å². The number of rotatable bonds is 7. The number of anilines is 2. The number of benzene rings is 2. The fourth-order valence-corrected chi connectivity index (χ4v) is 4.05. The lowest BCUT2D eigenvalue weighted by Gasteiger charge is -2.07. The van der Waals surface area contributed by atoms with Gasteiger partial charge in [0.2, 0.25) is 11.0 Å². The first-order chi connectivity index (χ1) is 13.7. The van der Waals surface area contributed by atoms with Gasteiger partial charge in [0, 0.05) is 5.56 Å². The van der Waals surface area contributed by atoms with Gasteiger partial charge >= 0.3 is 0 Å². The predicted octanol–water partition coefficient (Wildman–Crippen LogP) is 5.38. The summed E-state index contributed by atoms with van der Waals surface area (Å²) in [7, 11) is 1.62. The third-order valence-electron chi connectivity index (χ3n) is 3.76. The van der Waals surface area contributed by atoms with Gasteiger partial charge in [-0.2, -0.15) is 0 Å². The Morgan fingerprint density at radius 3 is 2.79 bits per heavy atom. The molecule has 0 spiro atoms. The number of para-hydroxylation sites is 2. The second-order valence-corrected chi connectivity index (χ2v) is 7.81. The first kappa shape index (κ1) is 18.5. The molecule has 28 heavy (non-hydrogen) atoms. The Morgan fingerprint density at radius 1 is 1.14 bits per heavy atom. The summed E-state index contributed by atoms with van der Waals surface area (Å²) >= 11 is 2.92. The summed E-state index contributed by atoms with van der Waals surface area (Å²) in [6.07, 6.45) is 1.64. The van der Waals surface area contributed by atoms with Gasteiger partial charge in [0.05, 0.1) is 24.7 Å². The Morgan fingerprint density at radius 2 is 1.96 bits per heavy atom. The number of oxazole rings is 1. The number of nitrogens with one attached hydrogen (secondary N) is 1. The Kier molecular flexibility index (Phi) is 5.54. The number of methoxy groups -OCH3 is 1. The van der Waals surface area contributed by atoms with Gasteiger partial charge in [-0.05, 0) is 36.4 Å². The van der Waals surface area contributed by atoms with Crippen LogP contribution in [0.1, 0.15) is 5.89 Å². The van der Waals surface area contributed by atoms with E-state index in [1.54, 1.807) is 25.4 Å². The van der Waals surface area contributed by atoms with Crippen molar-refractivity contribution >= 4 is 33.9 Å². The third kappa shape index (κ3) is 4.32. The molecule has 6 nitrogen and oxygen atoms in total. The molecule has 0 saturated heterocycles. The SMILES string of the molecule is COc1ccccc1Nc1nnc(SCc2ncc(-c3ccc(F)cc3)o2)s1. The van der Waals surface area contributed by atoms with Gasteiger partial charge in [-0.25, -0.2) is 9.37 Å². The molecule has 1 N–H and O–H groups in total. The van der Waals surface area contributed by atoms with Gasteiger partial charge < -0.3 is 14.5 Å². The average molecular weight is 414 g/mol. The predicted molar refractivity (Wildman–Crippen MR) is 108 cm³/mol. The normalized spacial score (nSPS) is 10.8. The van der Waals surface area contributed by atoms with Crippen LogP contribution in [0.25, 0.3) is 11.3 Å². The van der Waals surface area contributed by atoms with Crippen LogP contribution in [0.2, 0.25) is 0 Å². The number of hydrogen-bond acceptors (Lipinski definition) is 8. The zero-order valence-corrected chi connectivity index (χ0v) is 16.4. The van der Waals surface area contributed by atoms with Crippen LogP contribution in [-0.2, 0) is 5.75 Å². The van der Waals surface area contributed by atoms with Gasteiger partial charge in [-0.1, -0.05) is 35.2 Å². The molecule has 2 aromatic carbocycles. The molecule has 0 amide bonds. The van der Waals surface area contributed by atoms with E-state index in [0.717, 1.165) is 21.3 Å². The minimum absolute atomic E-state index is 0.284. The fraction of sp³-hybridized carbons (Fsp3) is 0.105. The highest BCUT2D eigenvalue weighted by Gasteiger charge is 2.11. The first-order valence-electron chi connectivity index (χ1n) is 8.28. The first-order valence-corrected chi connectivity index (χ1v) is 10.1. The fourth-order valence-electron chi connectivity index (χ4n) is 2.43. The van der Waals surface area contributed by atoms with Crippen LogP contribution in [-0.4, -0.2) is 22.3 Å². The molecule has 0 aliphatic carbocycles. The van der Waals surface area contributed by atoms with Crippen molar-refractivity contribution in [1.82, 2.24) is 15.2 Å². The van der Waals surface area contributed by atoms with Gasteiger partial charge in [0.15, 0.2) is 10.1 Å². The Balaban J connectivity index is 1.38. The quantitative estimate of drug-likeness (QED) is 0.407. The zero-order valence-electron chi connectivity index (χ0n) is 14.8. The summed E-state index contributed by atoms with van der Waals surface area (Å²) in [5.41, 5.74) is 1.61. The lowest BCUT2D eigenvalue weighted by Crippen LogP contribution is -1.93. The monoisotopic (exact) mass is 414 g/mol. The summed E-state index contributed by atoms with van der Waals surface area (Å²) in [6, 6.07) is 13.7. The molecular weight excluding hydrogens is 399 g/mol. The molecule has 0 aliphatic rings. The molecule has 4 aromatic rings. The Labute approximate surface area is 168 Å². The maximum absolute atomic E-state index is 13.0. The Hall–Kier alpha value is -2.91. The van der Waals surface area contributed by atoms with Gasteiger partial charge in [0.25, 0.3) is 0 Å². The maximum atomic E-state index is 13.0. The zero-order chi connectivity index (χ0) is 19.3. The summed E-state index contributed by atoms with van der Waals surface area (Å²) < 4.78 is 24.9. The van der Waals surface area contributed by atoms with Crippen molar-refractivity contribution in [2.45, 2.75) is 10.1 Å². The molecule has 0 saturated carbocycles. The number of nitrogens with zero attached hydrogens (tertiary/aromatic N) is 3. The lowest BCUT2D eigenvalue weighted by molar-refractivity contribution is 0.417. The minimum Gasteiger partial charge on any atom is -0.495 e. The van der Waals surface area contributed by atoms with Crippen LogP contribution in [0, 0.1) is 5.82 Å². The van der Waals surface area contributed by atoms with E-state index in [0.29, 0.717) is 22.5 Å². The highest BCUT2D eigenvalue weighted by atomic mass is 32.2. The number of hydrogen-bond donors (Lipinski definition) is 1. The van der Waals surface area contributed by atoms with Crippen molar-refractivity contribution < 1.29 is 13.5 Å². The van der Waals surface area contributed by atoms with Gasteiger partial charge in [-0.15, -0.1) is 10.2 Å². The van der Waals surface area contributed by atoms with Gasteiger partial charge in [-0.3, -0.25) is 0 Å². The van der Waals surface area contributed by atoms with Gasteiger partial charge in [0.1, 0.15) is 11.6 Å². The van der Waals surface area contributed by atoms with E-state index in [2.05, 4.69) is 20.5 Å². The largest absolute Gasteiger partial charge is 0.495 e. The van der Waals surface area contributed by atoms with Crippen molar-refractivity contribution in [2.75, 3.05) is 12.4 Å². The lowest BCUT2D eigenvalue weighted by atomic mass is 10.2. The summed E-state index contributed by atoms with van der Waals surface area (Å²) in [6.45, 7) is 0. The molecule has 0 fully saturated rings. The van der Waals surface area contributed by atoms with Crippen molar-refractivity contribution in [3.63, 3.8) is 0 Å². The number of halogens is 1. The van der Waals surface area contributed by atoms with E-state index < -0.39 is 0 Å². The van der Waals surface area contributed by atoms with Crippen molar-refractivity contribution in [3.05, 3.63) is 66.4 Å². The second-order valence-electron chi connectivity index (χ2n) is 5.61. The van der Waals surface area contributed by atoms with E-state index in [1.165, 1.54) is 35.2 Å². The number of thioether (sulfide) groups is 1. The molecule has 0 bridgehead atoms. The molecule has 0 unspecified atom stereocenters. The molecule has 9 heteroatoms. The van der Waals surface area contributed by atoms with Crippen LogP contribution in [0.15, 0.2) is 63.5 Å². The molecule has 142 valence electrons. The number of ether oxygens (including phenoxy) is 1. The van der Waals surface area contributed by atoms with E-state index in [-0.39, 0.29) is 5.82 Å². The summed E-state index contributed by atoms with van der Waals surface area (Å²) in [5.74, 6) is 2.14. The Bertz CT molecular complexity index is 1070. The van der Waals surface area contributed by atoms with E-state index in [9.17, 15) is 4.39 Å². The second kappa shape index (κ2) is 8.41. The van der Waals surface area contributed by atoms with Crippen molar-refractivity contribution in [3.8, 4) is 17.1 Å². The highest BCUT2D eigenvalue weighted by Crippen LogP contribution is 2.33. The third-order valence-corrected chi connectivity index (χ3v) is 5.71. The van der Waals surface area contributed by atoms with Crippen molar-refractivity contribution in [2.24, 2.45) is 0 Å². The molecule has 0 radical (unpaired) electrons. The smallest absolute Gasteiger partial charge is 0.210 e. The standard InChI is InChI=1S/C19H15FN4O2S2/c1-25-15-5-3-2-4-14(15)22-18-23-24-19(28-18)27-11-17-21-10-16(26-17)12-6-8-13(20)9-7-12/h2-10H,11H2,1H3,(H,22,23). The molecule has 0 aliphatic heterocycles. The van der Waals surface area contributed by atoms with Crippen LogP contribution >= 0.6 is 23.1 Å². The maximum Gasteiger partial charge on any atom is 0.210 e. The van der Waals surface area contributed by atoms with Crippen molar-refractivity contribution in [1.29, 1.82) is 0 Å². The molecule has 2 heterocycles. The minimum atomic E-state index is -0.284. The van der Waals surface area contributed by atoms with E-state index in [1.807, 2.05) is 24.3 Å². The summed E-state index contributed by atoms with van der Waals surface area (Å²) in [5, 5.41) is 12.2. The van der Waals surface area contributed by atoms with E-state index >= 15 is 0 Å². The average Bonchev–Trinajstić information content (AvgIpc) is 3.37. The molecular formula is C19H15FN4O2S2. The van der Waals surface area contributed by atoms with E-state index in [4.69, 9.17) is 9.15 Å². The van der Waals surface area contributed by atoms with Crippen LogP contribution in [0.4, 0.5) is 15.2 Å². The highest BCUT2D eigenvalue weighted by molar-refractivity contribution is 8.00. The topological polar surface area (TPSA) is 73.1 Å².